The van der Waals surface area contributed by atoms with Crippen LogP contribution >= 0.6 is 0 Å². The molecule has 3 rings (SSSR count). The SMILES string of the molecule is COC(=O)CC1=CC(=O)N(CC(=O)Nc2ccc(C)cc2F)c2ccccc2N1. The molecule has 0 spiro atoms. The van der Waals surface area contributed by atoms with Gasteiger partial charge in [0.15, 0.2) is 0 Å². The van der Waals surface area contributed by atoms with Crippen LogP contribution in [0.2, 0.25) is 0 Å². The minimum atomic E-state index is -0.555. The molecule has 2 aromatic carbocycles. The summed E-state index contributed by atoms with van der Waals surface area (Å²) in [5.41, 5.74) is 2.14. The fourth-order valence-corrected chi connectivity index (χ4v) is 2.91. The van der Waals surface area contributed by atoms with Crippen molar-refractivity contribution in [3.05, 3.63) is 65.6 Å². The number of amides is 2. The van der Waals surface area contributed by atoms with Gasteiger partial charge in [0.05, 0.1) is 30.6 Å². The molecule has 1 aliphatic heterocycles. The Morgan fingerprint density at radius 3 is 2.69 bits per heavy atom. The molecule has 0 unspecified atom stereocenters. The number of benzene rings is 2. The molecule has 0 saturated heterocycles. The Morgan fingerprint density at radius 2 is 1.97 bits per heavy atom. The van der Waals surface area contributed by atoms with Gasteiger partial charge < -0.3 is 15.4 Å². The maximum Gasteiger partial charge on any atom is 0.311 e. The van der Waals surface area contributed by atoms with Gasteiger partial charge in [0.2, 0.25) is 5.91 Å². The maximum atomic E-state index is 14.0. The van der Waals surface area contributed by atoms with Gasteiger partial charge >= 0.3 is 5.97 Å². The van der Waals surface area contributed by atoms with Crippen LogP contribution in [0.15, 0.2) is 54.2 Å². The molecule has 0 bridgehead atoms. The molecule has 0 saturated carbocycles. The Hall–Kier alpha value is -3.68. The second-order valence-electron chi connectivity index (χ2n) is 6.52. The average Bonchev–Trinajstić information content (AvgIpc) is 2.80. The fourth-order valence-electron chi connectivity index (χ4n) is 2.91. The summed E-state index contributed by atoms with van der Waals surface area (Å²) < 4.78 is 18.7. The molecular formula is C21H20FN3O4. The molecule has 1 heterocycles. The lowest BCUT2D eigenvalue weighted by atomic mass is 10.2. The van der Waals surface area contributed by atoms with Crippen molar-refractivity contribution in [2.24, 2.45) is 0 Å². The van der Waals surface area contributed by atoms with Crippen LogP contribution in [0.25, 0.3) is 0 Å². The molecule has 2 amide bonds. The number of anilines is 3. The van der Waals surface area contributed by atoms with Gasteiger partial charge in [-0.15, -0.1) is 0 Å². The summed E-state index contributed by atoms with van der Waals surface area (Å²) in [5.74, 6) is -2.10. The number of methoxy groups -OCH3 is 1. The maximum absolute atomic E-state index is 14.0. The summed E-state index contributed by atoms with van der Waals surface area (Å²) >= 11 is 0. The number of hydrogen-bond donors (Lipinski definition) is 2. The predicted molar refractivity (Wildman–Crippen MR) is 107 cm³/mol. The quantitative estimate of drug-likeness (QED) is 0.758. The van der Waals surface area contributed by atoms with Gasteiger partial charge in [-0.25, -0.2) is 4.39 Å². The topological polar surface area (TPSA) is 87.7 Å². The Morgan fingerprint density at radius 1 is 1.21 bits per heavy atom. The van der Waals surface area contributed by atoms with E-state index < -0.39 is 23.6 Å². The van der Waals surface area contributed by atoms with Crippen LogP contribution < -0.4 is 15.5 Å². The standard InChI is InChI=1S/C21H20FN3O4/c1-13-7-8-16(15(22)9-13)24-19(26)12-25-18-6-4-3-5-17(18)23-14(10-20(25)27)11-21(28)29-2/h3-10,23H,11-12H2,1-2H3,(H,24,26). The number of rotatable bonds is 5. The first-order valence-corrected chi connectivity index (χ1v) is 8.88. The number of carbonyl (C=O) groups excluding carboxylic acids is 3. The number of esters is 1. The van der Waals surface area contributed by atoms with E-state index in [0.717, 1.165) is 5.56 Å². The fraction of sp³-hybridized carbons (Fsp3) is 0.190. The van der Waals surface area contributed by atoms with Gasteiger partial charge in [0.1, 0.15) is 12.4 Å². The molecule has 1 aliphatic rings. The molecule has 2 N–H and O–H groups in total. The summed E-state index contributed by atoms with van der Waals surface area (Å²) in [7, 11) is 1.26. The lowest BCUT2D eigenvalue weighted by Crippen LogP contribution is -2.37. The van der Waals surface area contributed by atoms with Crippen molar-refractivity contribution in [3.8, 4) is 0 Å². The first-order chi connectivity index (χ1) is 13.9. The third-order valence-corrected chi connectivity index (χ3v) is 4.32. The van der Waals surface area contributed by atoms with E-state index in [9.17, 15) is 18.8 Å². The third-order valence-electron chi connectivity index (χ3n) is 4.32. The van der Waals surface area contributed by atoms with Crippen molar-refractivity contribution >= 4 is 34.8 Å². The van der Waals surface area contributed by atoms with Crippen molar-refractivity contribution in [2.75, 3.05) is 29.2 Å². The molecule has 7 nitrogen and oxygen atoms in total. The molecule has 0 fully saturated rings. The Balaban J connectivity index is 1.84. The number of hydrogen-bond acceptors (Lipinski definition) is 5. The van der Waals surface area contributed by atoms with Gasteiger partial charge in [-0.3, -0.25) is 19.3 Å². The zero-order valence-electron chi connectivity index (χ0n) is 16.0. The van der Waals surface area contributed by atoms with E-state index in [1.807, 2.05) is 0 Å². The van der Waals surface area contributed by atoms with Crippen LogP contribution in [-0.2, 0) is 19.1 Å². The minimum Gasteiger partial charge on any atom is -0.469 e. The summed E-state index contributed by atoms with van der Waals surface area (Å²) in [6.45, 7) is 1.42. The molecule has 0 atom stereocenters. The molecule has 8 heteroatoms. The minimum absolute atomic E-state index is 0.0382. The molecule has 0 radical (unpaired) electrons. The molecular weight excluding hydrogens is 377 g/mol. The van der Waals surface area contributed by atoms with Gasteiger partial charge in [-0.2, -0.15) is 0 Å². The number of carbonyl (C=O) groups is 3. The molecule has 29 heavy (non-hydrogen) atoms. The zero-order valence-corrected chi connectivity index (χ0v) is 16.0. The van der Waals surface area contributed by atoms with Crippen LogP contribution in [-0.4, -0.2) is 31.4 Å². The first kappa shape index (κ1) is 20.1. The van der Waals surface area contributed by atoms with E-state index in [0.29, 0.717) is 17.1 Å². The Bertz CT molecular complexity index is 1000. The highest BCUT2D eigenvalue weighted by atomic mass is 19.1. The summed E-state index contributed by atoms with van der Waals surface area (Å²) in [6.07, 6.45) is 1.13. The van der Waals surface area contributed by atoms with Gasteiger partial charge in [0, 0.05) is 11.8 Å². The summed E-state index contributed by atoms with van der Waals surface area (Å²) in [4.78, 5) is 38.1. The van der Waals surface area contributed by atoms with Crippen molar-refractivity contribution in [3.63, 3.8) is 0 Å². The number of nitrogens with one attached hydrogen (secondary N) is 2. The monoisotopic (exact) mass is 397 g/mol. The van der Waals surface area contributed by atoms with E-state index in [1.54, 1.807) is 37.3 Å². The molecule has 150 valence electrons. The van der Waals surface area contributed by atoms with E-state index in [-0.39, 0.29) is 18.7 Å². The van der Waals surface area contributed by atoms with Gasteiger partial charge in [-0.05, 0) is 36.8 Å². The number of ether oxygens (including phenoxy) is 1. The second kappa shape index (κ2) is 8.55. The van der Waals surface area contributed by atoms with Crippen LogP contribution in [0.3, 0.4) is 0 Å². The number of aryl methyl sites for hydroxylation is 1. The second-order valence-corrected chi connectivity index (χ2v) is 6.52. The first-order valence-electron chi connectivity index (χ1n) is 8.88. The van der Waals surface area contributed by atoms with Crippen LogP contribution in [0.1, 0.15) is 12.0 Å². The number of para-hydroxylation sites is 2. The molecule has 2 aromatic rings. The predicted octanol–water partition coefficient (Wildman–Crippen LogP) is 2.98. The normalized spacial score (nSPS) is 13.0. The van der Waals surface area contributed by atoms with Crippen LogP contribution in [0.5, 0.6) is 0 Å². The summed E-state index contributed by atoms with van der Waals surface area (Å²) in [5, 5.41) is 5.52. The zero-order chi connectivity index (χ0) is 21.0. The van der Waals surface area contributed by atoms with Crippen molar-refractivity contribution in [1.82, 2.24) is 0 Å². The van der Waals surface area contributed by atoms with E-state index in [2.05, 4.69) is 15.4 Å². The largest absolute Gasteiger partial charge is 0.469 e. The smallest absolute Gasteiger partial charge is 0.311 e. The summed E-state index contributed by atoms with van der Waals surface area (Å²) in [6, 6.07) is 11.3. The van der Waals surface area contributed by atoms with Crippen LogP contribution in [0, 0.1) is 12.7 Å². The highest BCUT2D eigenvalue weighted by Crippen LogP contribution is 2.30. The Labute approximate surface area is 167 Å². The van der Waals surface area contributed by atoms with Gasteiger partial charge in [0.25, 0.3) is 5.91 Å². The van der Waals surface area contributed by atoms with Crippen LogP contribution in [0.4, 0.5) is 21.5 Å². The number of nitrogens with zero attached hydrogens (tertiary/aromatic N) is 1. The van der Waals surface area contributed by atoms with E-state index >= 15 is 0 Å². The Kier molecular flexibility index (Phi) is 5.92. The highest BCUT2D eigenvalue weighted by Gasteiger charge is 2.25. The van der Waals surface area contributed by atoms with Gasteiger partial charge in [-0.1, -0.05) is 18.2 Å². The lowest BCUT2D eigenvalue weighted by Gasteiger charge is -2.21. The van der Waals surface area contributed by atoms with E-state index in [1.165, 1.54) is 30.2 Å². The van der Waals surface area contributed by atoms with Crippen molar-refractivity contribution in [1.29, 1.82) is 0 Å². The lowest BCUT2D eigenvalue weighted by molar-refractivity contribution is -0.139. The molecule has 0 aromatic heterocycles. The average molecular weight is 397 g/mol. The number of halogens is 1. The van der Waals surface area contributed by atoms with Crippen molar-refractivity contribution in [2.45, 2.75) is 13.3 Å². The third kappa shape index (κ3) is 4.78. The number of fused-ring (bicyclic) bond motifs is 1. The van der Waals surface area contributed by atoms with E-state index in [4.69, 9.17) is 0 Å². The molecule has 0 aliphatic carbocycles. The van der Waals surface area contributed by atoms with Crippen molar-refractivity contribution < 1.29 is 23.5 Å². The highest BCUT2D eigenvalue weighted by molar-refractivity contribution is 6.10.